The second-order valence-corrected chi connectivity index (χ2v) is 7.56. The van der Waals surface area contributed by atoms with Gasteiger partial charge in [-0.3, -0.25) is 9.48 Å². The maximum Gasteiger partial charge on any atom is 0.435 e. The van der Waals surface area contributed by atoms with E-state index in [4.69, 9.17) is 0 Å². The molecule has 1 amide bonds. The number of fused-ring (bicyclic) bond motifs is 1. The lowest BCUT2D eigenvalue weighted by atomic mass is 10.2. The third kappa shape index (κ3) is 3.63. The van der Waals surface area contributed by atoms with Gasteiger partial charge >= 0.3 is 6.18 Å². The first-order chi connectivity index (χ1) is 13.7. The number of aromatic nitrogens is 4. The fourth-order valence-corrected chi connectivity index (χ4v) is 4.01. The molecule has 0 spiro atoms. The Morgan fingerprint density at radius 3 is 2.52 bits per heavy atom. The molecule has 0 bridgehead atoms. The number of halogens is 3. The highest BCUT2D eigenvalue weighted by Crippen LogP contribution is 2.38. The molecular formula is C19H16F3N5OS. The molecule has 0 aliphatic carbocycles. The van der Waals surface area contributed by atoms with Crippen LogP contribution >= 0.6 is 11.3 Å². The fourth-order valence-electron chi connectivity index (χ4n) is 2.98. The summed E-state index contributed by atoms with van der Waals surface area (Å²) in [6.07, 6.45) is -2.88. The van der Waals surface area contributed by atoms with Crippen LogP contribution in [0.2, 0.25) is 0 Å². The van der Waals surface area contributed by atoms with E-state index in [0.29, 0.717) is 11.4 Å². The SMILES string of the molecule is C[C@@H](NC(=O)c1cc2c(C(F)(F)F)nn(-c3ccccc3)c2s1)c1ccn(C)n1. The number of hydrogen-bond acceptors (Lipinski definition) is 4. The van der Waals surface area contributed by atoms with Crippen molar-refractivity contribution in [1.29, 1.82) is 0 Å². The molecule has 0 radical (unpaired) electrons. The molecule has 29 heavy (non-hydrogen) atoms. The summed E-state index contributed by atoms with van der Waals surface area (Å²) in [5, 5.41) is 10.7. The Kier molecular flexibility index (Phi) is 4.65. The summed E-state index contributed by atoms with van der Waals surface area (Å²) in [6, 6.07) is 11.1. The fraction of sp³-hybridized carbons (Fsp3) is 0.211. The van der Waals surface area contributed by atoms with E-state index < -0.39 is 17.8 Å². The van der Waals surface area contributed by atoms with E-state index in [-0.39, 0.29) is 21.1 Å². The van der Waals surface area contributed by atoms with Crippen molar-refractivity contribution in [2.75, 3.05) is 0 Å². The topological polar surface area (TPSA) is 64.7 Å². The van der Waals surface area contributed by atoms with Crippen molar-refractivity contribution < 1.29 is 18.0 Å². The third-order valence-electron chi connectivity index (χ3n) is 4.38. The largest absolute Gasteiger partial charge is 0.435 e. The van der Waals surface area contributed by atoms with Gasteiger partial charge < -0.3 is 5.32 Å². The van der Waals surface area contributed by atoms with Crippen LogP contribution in [0, 0.1) is 0 Å². The Morgan fingerprint density at radius 1 is 1.17 bits per heavy atom. The molecular weight excluding hydrogens is 403 g/mol. The molecule has 1 aromatic carbocycles. The lowest BCUT2D eigenvalue weighted by Gasteiger charge is -2.10. The highest BCUT2D eigenvalue weighted by Gasteiger charge is 2.38. The van der Waals surface area contributed by atoms with Crippen LogP contribution in [-0.2, 0) is 13.2 Å². The monoisotopic (exact) mass is 419 g/mol. The standard InChI is InChI=1S/C19H16F3N5OS/c1-11(14-8-9-26(2)24-14)23-17(28)15-10-13-16(19(20,21)22)25-27(18(13)29-15)12-6-4-3-5-7-12/h3-11H,1-2H3,(H,23,28)/t11-/m1/s1. The number of carbonyl (C=O) groups excluding carboxylic acids is 1. The number of nitrogens with zero attached hydrogens (tertiary/aromatic N) is 4. The lowest BCUT2D eigenvalue weighted by Crippen LogP contribution is -2.26. The number of thiophene rings is 1. The van der Waals surface area contributed by atoms with Crippen LogP contribution < -0.4 is 5.32 Å². The summed E-state index contributed by atoms with van der Waals surface area (Å²) < 4.78 is 43.4. The van der Waals surface area contributed by atoms with Crippen LogP contribution in [0.5, 0.6) is 0 Å². The highest BCUT2D eigenvalue weighted by molar-refractivity contribution is 7.20. The van der Waals surface area contributed by atoms with Gasteiger partial charge in [0.25, 0.3) is 5.91 Å². The van der Waals surface area contributed by atoms with Gasteiger partial charge in [0.05, 0.1) is 22.3 Å². The van der Waals surface area contributed by atoms with Crippen molar-refractivity contribution in [2.45, 2.75) is 19.1 Å². The number of para-hydroxylation sites is 1. The van der Waals surface area contributed by atoms with Gasteiger partial charge in [-0.05, 0) is 31.2 Å². The van der Waals surface area contributed by atoms with Crippen LogP contribution in [0.15, 0.2) is 48.7 Å². The molecule has 0 aliphatic heterocycles. The van der Waals surface area contributed by atoms with E-state index in [1.54, 1.807) is 61.2 Å². The minimum Gasteiger partial charge on any atom is -0.343 e. The summed E-state index contributed by atoms with van der Waals surface area (Å²) in [5.41, 5.74) is 0.140. The normalized spacial score (nSPS) is 13.0. The first-order valence-corrected chi connectivity index (χ1v) is 9.51. The van der Waals surface area contributed by atoms with E-state index in [9.17, 15) is 18.0 Å². The molecule has 0 unspecified atom stereocenters. The van der Waals surface area contributed by atoms with Gasteiger partial charge in [-0.25, -0.2) is 4.68 Å². The Bertz CT molecular complexity index is 1180. The minimum atomic E-state index is -4.63. The number of nitrogens with one attached hydrogen (secondary N) is 1. The van der Waals surface area contributed by atoms with Gasteiger partial charge in [0.2, 0.25) is 0 Å². The maximum atomic E-state index is 13.5. The van der Waals surface area contributed by atoms with Crippen LogP contribution in [0.25, 0.3) is 15.9 Å². The van der Waals surface area contributed by atoms with Gasteiger partial charge in [0.15, 0.2) is 5.69 Å². The van der Waals surface area contributed by atoms with E-state index in [1.807, 2.05) is 0 Å². The summed E-state index contributed by atoms with van der Waals surface area (Å²) >= 11 is 0.969. The highest BCUT2D eigenvalue weighted by atomic mass is 32.1. The quantitative estimate of drug-likeness (QED) is 0.536. The van der Waals surface area contributed by atoms with E-state index >= 15 is 0 Å². The summed E-state index contributed by atoms with van der Waals surface area (Å²) in [7, 11) is 1.76. The van der Waals surface area contributed by atoms with Crippen molar-refractivity contribution in [2.24, 2.45) is 7.05 Å². The average Bonchev–Trinajstić information content (AvgIpc) is 3.36. The summed E-state index contributed by atoms with van der Waals surface area (Å²) in [4.78, 5) is 13.1. The molecule has 150 valence electrons. The van der Waals surface area contributed by atoms with Crippen LogP contribution in [0.1, 0.15) is 34.0 Å². The summed E-state index contributed by atoms with van der Waals surface area (Å²) in [6.45, 7) is 1.76. The van der Waals surface area contributed by atoms with Crippen LogP contribution in [0.4, 0.5) is 13.2 Å². The summed E-state index contributed by atoms with van der Waals surface area (Å²) in [5.74, 6) is -0.461. The molecule has 0 saturated carbocycles. The predicted molar refractivity (Wildman–Crippen MR) is 103 cm³/mol. The number of hydrogen-bond donors (Lipinski definition) is 1. The zero-order chi connectivity index (χ0) is 20.8. The van der Waals surface area contributed by atoms with Gasteiger partial charge in [-0.2, -0.15) is 23.4 Å². The smallest absolute Gasteiger partial charge is 0.343 e. The van der Waals surface area contributed by atoms with Crippen LogP contribution in [0.3, 0.4) is 0 Å². The first kappa shape index (κ1) is 19.2. The van der Waals surface area contributed by atoms with E-state index in [2.05, 4.69) is 15.5 Å². The van der Waals surface area contributed by atoms with Gasteiger partial charge in [-0.1, -0.05) is 18.2 Å². The Labute approximate surface area is 167 Å². The second-order valence-electron chi connectivity index (χ2n) is 6.53. The first-order valence-electron chi connectivity index (χ1n) is 8.69. The Balaban J connectivity index is 1.73. The van der Waals surface area contributed by atoms with Gasteiger partial charge in [0.1, 0.15) is 4.83 Å². The predicted octanol–water partition coefficient (Wildman–Crippen LogP) is 4.33. The minimum absolute atomic E-state index is 0.0954. The van der Waals surface area contributed by atoms with Crippen molar-refractivity contribution >= 4 is 27.5 Å². The Hall–Kier alpha value is -3.14. The molecule has 4 rings (SSSR count). The van der Waals surface area contributed by atoms with E-state index in [0.717, 1.165) is 11.3 Å². The average molecular weight is 419 g/mol. The number of alkyl halides is 3. The maximum absolute atomic E-state index is 13.5. The molecule has 0 aliphatic rings. The van der Waals surface area contributed by atoms with E-state index in [1.165, 1.54) is 10.7 Å². The molecule has 0 saturated heterocycles. The molecule has 3 aromatic heterocycles. The second kappa shape index (κ2) is 7.03. The molecule has 6 nitrogen and oxygen atoms in total. The van der Waals surface area contributed by atoms with Gasteiger partial charge in [0, 0.05) is 18.6 Å². The molecule has 4 aromatic rings. The number of benzene rings is 1. The van der Waals surface area contributed by atoms with Crippen molar-refractivity contribution in [3.05, 3.63) is 64.9 Å². The molecule has 3 heterocycles. The molecule has 1 atom stereocenters. The molecule has 0 fully saturated rings. The molecule has 1 N–H and O–H groups in total. The lowest BCUT2D eigenvalue weighted by molar-refractivity contribution is -0.140. The van der Waals surface area contributed by atoms with Crippen molar-refractivity contribution in [3.8, 4) is 5.69 Å². The van der Waals surface area contributed by atoms with Gasteiger partial charge in [-0.15, -0.1) is 11.3 Å². The van der Waals surface area contributed by atoms with Crippen molar-refractivity contribution in [1.82, 2.24) is 24.9 Å². The number of amides is 1. The number of carbonyl (C=O) groups is 1. The Morgan fingerprint density at radius 2 is 1.90 bits per heavy atom. The zero-order valence-electron chi connectivity index (χ0n) is 15.4. The zero-order valence-corrected chi connectivity index (χ0v) is 16.3. The van der Waals surface area contributed by atoms with Crippen LogP contribution in [-0.4, -0.2) is 25.5 Å². The third-order valence-corrected chi connectivity index (χ3v) is 5.49. The number of aryl methyl sites for hydroxylation is 1. The number of rotatable bonds is 4. The van der Waals surface area contributed by atoms with Crippen molar-refractivity contribution in [3.63, 3.8) is 0 Å². The molecule has 10 heteroatoms.